The number of likely N-dealkylation sites (tertiary alicyclic amines) is 1. The molecule has 3 unspecified atom stereocenters. The molecule has 0 spiro atoms. The second-order valence-electron chi connectivity index (χ2n) is 6.84. The molecule has 2 aliphatic heterocycles. The van der Waals surface area contributed by atoms with E-state index >= 15 is 0 Å². The first-order chi connectivity index (χ1) is 10.6. The van der Waals surface area contributed by atoms with E-state index in [1.165, 1.54) is 24.2 Å². The summed E-state index contributed by atoms with van der Waals surface area (Å²) in [7, 11) is 2.37. The lowest BCUT2D eigenvalue weighted by Crippen LogP contribution is -2.41. The number of hydrogen-bond donors (Lipinski definition) is 0. The molecule has 0 aliphatic carbocycles. The Hall–Kier alpha value is -1.51. The molecule has 1 saturated heterocycles. The molecule has 2 aliphatic rings. The number of hydrogen-bond acceptors (Lipinski definition) is 1. The van der Waals surface area contributed by atoms with E-state index in [1.807, 2.05) is 18.2 Å². The predicted molar refractivity (Wildman–Crippen MR) is 89.9 cm³/mol. The summed E-state index contributed by atoms with van der Waals surface area (Å²) in [5.74, 6) is 2.93. The predicted octanol–water partition coefficient (Wildman–Crippen LogP) is 4.79. The third-order valence-electron chi connectivity index (χ3n) is 5.44. The van der Waals surface area contributed by atoms with E-state index in [9.17, 15) is 0 Å². The lowest BCUT2D eigenvalue weighted by atomic mass is 9.84. The maximum Gasteiger partial charge on any atom is 0.132 e. The first-order valence-electron chi connectivity index (χ1n) is 7.99. The average Bonchev–Trinajstić information content (AvgIpc) is 2.81. The number of rotatable bonds is 1. The lowest BCUT2D eigenvalue weighted by molar-refractivity contribution is -0.897. The number of nitrogens with zero attached hydrogens (tertiary/aromatic N) is 1. The minimum absolute atomic E-state index is 0.501. The minimum atomic E-state index is 0.501. The monoisotopic (exact) mass is 314 g/mol. The van der Waals surface area contributed by atoms with Gasteiger partial charge in [-0.05, 0) is 25.1 Å². The molecule has 0 radical (unpaired) electrons. The summed E-state index contributed by atoms with van der Waals surface area (Å²) in [6.07, 6.45) is 0. The number of halogens is 1. The van der Waals surface area contributed by atoms with E-state index in [0.717, 1.165) is 27.5 Å². The molecule has 0 saturated carbocycles. The zero-order valence-electron chi connectivity index (χ0n) is 13.1. The number of ether oxygens (including phenoxy) is 1. The molecule has 2 aromatic rings. The first-order valence-corrected chi connectivity index (χ1v) is 8.37. The Kier molecular flexibility index (Phi) is 3.21. The molecule has 1 fully saturated rings. The van der Waals surface area contributed by atoms with Gasteiger partial charge in [-0.1, -0.05) is 35.9 Å². The molecule has 2 aromatic carbocycles. The van der Waals surface area contributed by atoms with Crippen LogP contribution in [0.15, 0.2) is 42.5 Å². The van der Waals surface area contributed by atoms with Crippen LogP contribution in [-0.4, -0.2) is 31.2 Å². The van der Waals surface area contributed by atoms with Crippen LogP contribution in [0, 0.1) is 0 Å². The highest BCUT2D eigenvalue weighted by Crippen LogP contribution is 2.51. The second-order valence-corrected chi connectivity index (χ2v) is 7.27. The molecule has 114 valence electrons. The maximum atomic E-state index is 6.23. The highest BCUT2D eigenvalue weighted by molar-refractivity contribution is 6.30. The summed E-state index contributed by atoms with van der Waals surface area (Å²) < 4.78 is 7.35. The van der Waals surface area contributed by atoms with E-state index in [4.69, 9.17) is 16.3 Å². The Morgan fingerprint density at radius 1 is 1.05 bits per heavy atom. The number of benzene rings is 2. The van der Waals surface area contributed by atoms with Crippen LogP contribution < -0.4 is 4.74 Å². The van der Waals surface area contributed by atoms with Crippen LogP contribution in [0.5, 0.6) is 11.5 Å². The van der Waals surface area contributed by atoms with Crippen molar-refractivity contribution in [3.8, 4) is 11.5 Å². The van der Waals surface area contributed by atoms with E-state index < -0.39 is 0 Å². The van der Waals surface area contributed by atoms with Gasteiger partial charge in [0.05, 0.1) is 26.7 Å². The summed E-state index contributed by atoms with van der Waals surface area (Å²) in [5, 5.41) is 0.737. The first kappa shape index (κ1) is 14.1. The van der Waals surface area contributed by atoms with Crippen molar-refractivity contribution in [3.63, 3.8) is 0 Å². The fourth-order valence-electron chi connectivity index (χ4n) is 4.07. The highest BCUT2D eigenvalue weighted by atomic mass is 35.5. The largest absolute Gasteiger partial charge is 0.457 e. The molecule has 2 nitrogen and oxygen atoms in total. The standard InChI is InChI=1S/C19H21ClNO/c1-3-21(2)11-16-14-6-4-5-7-18(14)22-19-10-13(20)8-9-15(19)17(16)12-21/h4-10,16-17H,3,11-12H2,1-2H3/q+1. The molecule has 3 heteroatoms. The van der Waals surface area contributed by atoms with Gasteiger partial charge in [0.15, 0.2) is 0 Å². The third-order valence-corrected chi connectivity index (χ3v) is 5.67. The van der Waals surface area contributed by atoms with Gasteiger partial charge in [-0.25, -0.2) is 0 Å². The Balaban J connectivity index is 1.91. The number of fused-ring (bicyclic) bond motifs is 5. The van der Waals surface area contributed by atoms with Crippen molar-refractivity contribution in [2.24, 2.45) is 0 Å². The summed E-state index contributed by atoms with van der Waals surface area (Å²) in [6.45, 7) is 5.78. The van der Waals surface area contributed by atoms with Gasteiger partial charge in [-0.3, -0.25) is 0 Å². The van der Waals surface area contributed by atoms with Crippen molar-refractivity contribution < 1.29 is 9.22 Å². The van der Waals surface area contributed by atoms with Gasteiger partial charge in [0.2, 0.25) is 0 Å². The van der Waals surface area contributed by atoms with Gasteiger partial charge in [-0.15, -0.1) is 0 Å². The normalized spacial score (nSPS) is 29.0. The summed E-state index contributed by atoms with van der Waals surface area (Å²) >= 11 is 6.20. The molecule has 0 bridgehead atoms. The molecule has 3 atom stereocenters. The van der Waals surface area contributed by atoms with Crippen molar-refractivity contribution in [2.45, 2.75) is 18.8 Å². The molecular weight excluding hydrogens is 294 g/mol. The molecule has 0 N–H and O–H groups in total. The van der Waals surface area contributed by atoms with Gasteiger partial charge in [0.1, 0.15) is 11.5 Å². The van der Waals surface area contributed by atoms with Crippen LogP contribution in [0.3, 0.4) is 0 Å². The van der Waals surface area contributed by atoms with E-state index in [0.29, 0.717) is 11.8 Å². The Labute approximate surface area is 136 Å². The lowest BCUT2D eigenvalue weighted by Gasteiger charge is -2.28. The fraction of sp³-hybridized carbons (Fsp3) is 0.368. The Morgan fingerprint density at radius 3 is 2.45 bits per heavy atom. The highest BCUT2D eigenvalue weighted by Gasteiger charge is 2.46. The minimum Gasteiger partial charge on any atom is -0.457 e. The second kappa shape index (κ2) is 5.00. The quantitative estimate of drug-likeness (QED) is 0.687. The van der Waals surface area contributed by atoms with E-state index in [1.54, 1.807) is 0 Å². The van der Waals surface area contributed by atoms with Crippen molar-refractivity contribution in [1.29, 1.82) is 0 Å². The Bertz CT molecular complexity index is 729. The molecule has 0 aromatic heterocycles. The van der Waals surface area contributed by atoms with Gasteiger partial charge >= 0.3 is 0 Å². The SMILES string of the molecule is CC[N+]1(C)CC2c3ccccc3Oc3cc(Cl)ccc3C2C1. The molecule has 22 heavy (non-hydrogen) atoms. The van der Waals surface area contributed by atoms with Gasteiger partial charge in [0, 0.05) is 28.0 Å². The number of likely N-dealkylation sites (N-methyl/N-ethyl adjacent to an activating group) is 1. The van der Waals surface area contributed by atoms with Crippen LogP contribution in [0.4, 0.5) is 0 Å². The van der Waals surface area contributed by atoms with Crippen molar-refractivity contribution in [1.82, 2.24) is 0 Å². The van der Waals surface area contributed by atoms with Gasteiger partial charge in [0.25, 0.3) is 0 Å². The number of para-hydroxylation sites is 1. The van der Waals surface area contributed by atoms with Crippen molar-refractivity contribution >= 4 is 11.6 Å². The zero-order valence-corrected chi connectivity index (χ0v) is 13.8. The van der Waals surface area contributed by atoms with Crippen LogP contribution in [-0.2, 0) is 0 Å². The van der Waals surface area contributed by atoms with Gasteiger partial charge in [-0.2, -0.15) is 0 Å². The fourth-order valence-corrected chi connectivity index (χ4v) is 4.23. The van der Waals surface area contributed by atoms with E-state index in [2.05, 4.69) is 38.2 Å². The van der Waals surface area contributed by atoms with Crippen molar-refractivity contribution in [2.75, 3.05) is 26.7 Å². The molecule has 4 rings (SSSR count). The summed E-state index contributed by atoms with van der Waals surface area (Å²) in [6, 6.07) is 14.6. The molecule has 0 amide bonds. The van der Waals surface area contributed by atoms with Crippen molar-refractivity contribution in [3.05, 3.63) is 58.6 Å². The van der Waals surface area contributed by atoms with Crippen LogP contribution in [0.2, 0.25) is 5.02 Å². The third kappa shape index (κ3) is 2.13. The van der Waals surface area contributed by atoms with Crippen LogP contribution >= 0.6 is 11.6 Å². The average molecular weight is 315 g/mol. The smallest absolute Gasteiger partial charge is 0.132 e. The van der Waals surface area contributed by atoms with Gasteiger partial charge < -0.3 is 9.22 Å². The number of quaternary nitrogens is 1. The maximum absolute atomic E-state index is 6.23. The zero-order chi connectivity index (χ0) is 15.3. The van der Waals surface area contributed by atoms with Crippen LogP contribution in [0.1, 0.15) is 29.9 Å². The molecule has 2 heterocycles. The van der Waals surface area contributed by atoms with Crippen LogP contribution in [0.25, 0.3) is 0 Å². The topological polar surface area (TPSA) is 9.23 Å². The molecular formula is C19H21ClNO+. The van der Waals surface area contributed by atoms with E-state index in [-0.39, 0.29) is 0 Å². The summed E-state index contributed by atoms with van der Waals surface area (Å²) in [5.41, 5.74) is 2.65. The Morgan fingerprint density at radius 2 is 1.73 bits per heavy atom. The summed E-state index contributed by atoms with van der Waals surface area (Å²) in [4.78, 5) is 0.